The van der Waals surface area contributed by atoms with Crippen LogP contribution in [0.3, 0.4) is 0 Å². The number of hydrogen-bond donors (Lipinski definition) is 1. The highest BCUT2D eigenvalue weighted by Crippen LogP contribution is 2.32. The number of nitrogens with one attached hydrogen (secondary N) is 1. The molecule has 0 aromatic carbocycles. The first-order valence-corrected chi connectivity index (χ1v) is 5.99. The van der Waals surface area contributed by atoms with E-state index in [0.29, 0.717) is 0 Å². The van der Waals surface area contributed by atoms with Gasteiger partial charge >= 0.3 is 0 Å². The van der Waals surface area contributed by atoms with E-state index in [2.05, 4.69) is 34.2 Å². The first-order chi connectivity index (χ1) is 7.76. The Labute approximate surface area is 97.1 Å². The second-order valence-electron chi connectivity index (χ2n) is 4.45. The van der Waals surface area contributed by atoms with Crippen molar-refractivity contribution in [3.05, 3.63) is 11.9 Å². The molecule has 16 heavy (non-hydrogen) atoms. The molecule has 88 valence electrons. The minimum Gasteiger partial charge on any atom is -0.373 e. The van der Waals surface area contributed by atoms with Crippen LogP contribution in [0.15, 0.2) is 6.33 Å². The van der Waals surface area contributed by atoms with E-state index in [1.807, 2.05) is 7.05 Å². The largest absolute Gasteiger partial charge is 0.373 e. The van der Waals surface area contributed by atoms with Crippen molar-refractivity contribution in [2.45, 2.75) is 26.2 Å². The lowest BCUT2D eigenvalue weighted by Gasteiger charge is -2.21. The number of rotatable bonds is 5. The van der Waals surface area contributed by atoms with Crippen molar-refractivity contribution in [1.29, 1.82) is 0 Å². The van der Waals surface area contributed by atoms with Crippen molar-refractivity contribution in [3.8, 4) is 0 Å². The maximum atomic E-state index is 4.41. The average molecular weight is 220 g/mol. The highest BCUT2D eigenvalue weighted by Gasteiger charge is 2.24. The van der Waals surface area contributed by atoms with Crippen molar-refractivity contribution in [2.75, 3.05) is 30.9 Å². The molecule has 1 heterocycles. The summed E-state index contributed by atoms with van der Waals surface area (Å²) in [5, 5.41) is 3.13. The Morgan fingerprint density at radius 2 is 2.19 bits per heavy atom. The SMILES string of the molecule is CCc1c(NC)ncnc1N(C)CC1CC1. The van der Waals surface area contributed by atoms with E-state index in [0.717, 1.165) is 30.5 Å². The fraction of sp³-hybridized carbons (Fsp3) is 0.667. The van der Waals surface area contributed by atoms with Crippen molar-refractivity contribution in [2.24, 2.45) is 5.92 Å². The fourth-order valence-corrected chi connectivity index (χ4v) is 2.05. The van der Waals surface area contributed by atoms with Gasteiger partial charge in [-0.15, -0.1) is 0 Å². The van der Waals surface area contributed by atoms with E-state index in [1.54, 1.807) is 6.33 Å². The summed E-state index contributed by atoms with van der Waals surface area (Å²) in [4.78, 5) is 10.9. The number of hydrogen-bond acceptors (Lipinski definition) is 4. The van der Waals surface area contributed by atoms with E-state index in [9.17, 15) is 0 Å². The van der Waals surface area contributed by atoms with Gasteiger partial charge in [-0.2, -0.15) is 0 Å². The molecular weight excluding hydrogens is 200 g/mol. The molecule has 1 aromatic rings. The predicted octanol–water partition coefficient (Wildman–Crippen LogP) is 1.93. The van der Waals surface area contributed by atoms with Crippen LogP contribution in [-0.2, 0) is 6.42 Å². The van der Waals surface area contributed by atoms with Crippen LogP contribution in [0.4, 0.5) is 11.6 Å². The molecule has 0 spiro atoms. The summed E-state index contributed by atoms with van der Waals surface area (Å²) in [6.45, 7) is 3.27. The zero-order valence-electron chi connectivity index (χ0n) is 10.3. The Morgan fingerprint density at radius 1 is 1.44 bits per heavy atom. The highest BCUT2D eigenvalue weighted by atomic mass is 15.2. The summed E-state index contributed by atoms with van der Waals surface area (Å²) < 4.78 is 0. The van der Waals surface area contributed by atoms with Crippen LogP contribution in [0.1, 0.15) is 25.3 Å². The average Bonchev–Trinajstić information content (AvgIpc) is 3.11. The third-order valence-corrected chi connectivity index (χ3v) is 3.10. The van der Waals surface area contributed by atoms with Gasteiger partial charge in [-0.3, -0.25) is 0 Å². The molecule has 1 fully saturated rings. The van der Waals surface area contributed by atoms with Gasteiger partial charge in [0.1, 0.15) is 18.0 Å². The van der Waals surface area contributed by atoms with E-state index >= 15 is 0 Å². The zero-order valence-corrected chi connectivity index (χ0v) is 10.3. The van der Waals surface area contributed by atoms with Gasteiger partial charge in [0.25, 0.3) is 0 Å². The molecule has 1 N–H and O–H groups in total. The summed E-state index contributed by atoms with van der Waals surface area (Å²) in [5.41, 5.74) is 1.22. The molecule has 1 aliphatic rings. The standard InChI is InChI=1S/C12H20N4/c1-4-10-11(13-2)14-8-15-12(10)16(3)7-9-5-6-9/h8-9H,4-7H2,1-3H3,(H,13,14,15). The Kier molecular flexibility index (Phi) is 3.27. The monoisotopic (exact) mass is 220 g/mol. The second-order valence-corrected chi connectivity index (χ2v) is 4.45. The molecule has 0 radical (unpaired) electrons. The Bertz CT molecular complexity index is 360. The van der Waals surface area contributed by atoms with Crippen LogP contribution in [0, 0.1) is 5.92 Å². The molecule has 1 saturated carbocycles. The van der Waals surface area contributed by atoms with Crippen LogP contribution in [0.2, 0.25) is 0 Å². The maximum absolute atomic E-state index is 4.41. The lowest BCUT2D eigenvalue weighted by Crippen LogP contribution is -2.23. The second kappa shape index (κ2) is 4.68. The summed E-state index contributed by atoms with van der Waals surface area (Å²) in [5.74, 6) is 2.91. The topological polar surface area (TPSA) is 41.1 Å². The molecule has 0 bridgehead atoms. The van der Waals surface area contributed by atoms with Gasteiger partial charge in [-0.1, -0.05) is 6.92 Å². The van der Waals surface area contributed by atoms with Gasteiger partial charge in [0.2, 0.25) is 0 Å². The molecular formula is C12H20N4. The Hall–Kier alpha value is -1.32. The molecule has 4 heteroatoms. The number of anilines is 2. The molecule has 4 nitrogen and oxygen atoms in total. The maximum Gasteiger partial charge on any atom is 0.137 e. The van der Waals surface area contributed by atoms with Crippen LogP contribution >= 0.6 is 0 Å². The van der Waals surface area contributed by atoms with E-state index in [1.165, 1.54) is 18.4 Å². The van der Waals surface area contributed by atoms with Gasteiger partial charge in [-0.05, 0) is 25.2 Å². The van der Waals surface area contributed by atoms with Crippen molar-refractivity contribution in [1.82, 2.24) is 9.97 Å². The molecule has 1 aliphatic carbocycles. The first kappa shape index (κ1) is 11.2. The first-order valence-electron chi connectivity index (χ1n) is 5.99. The third-order valence-electron chi connectivity index (χ3n) is 3.10. The molecule has 0 aliphatic heterocycles. The summed E-state index contributed by atoms with van der Waals surface area (Å²) >= 11 is 0. The van der Waals surface area contributed by atoms with Gasteiger partial charge in [0.05, 0.1) is 0 Å². The lowest BCUT2D eigenvalue weighted by molar-refractivity contribution is 0.769. The summed E-state index contributed by atoms with van der Waals surface area (Å²) in [7, 11) is 4.03. The summed E-state index contributed by atoms with van der Waals surface area (Å²) in [6.07, 6.45) is 5.34. The molecule has 0 atom stereocenters. The van der Waals surface area contributed by atoms with E-state index in [-0.39, 0.29) is 0 Å². The molecule has 0 amide bonds. The highest BCUT2D eigenvalue weighted by molar-refractivity contribution is 5.58. The van der Waals surface area contributed by atoms with Crippen molar-refractivity contribution in [3.63, 3.8) is 0 Å². The molecule has 0 unspecified atom stereocenters. The van der Waals surface area contributed by atoms with Crippen molar-refractivity contribution < 1.29 is 0 Å². The molecule has 2 rings (SSSR count). The normalized spacial score (nSPS) is 14.9. The quantitative estimate of drug-likeness (QED) is 0.823. The summed E-state index contributed by atoms with van der Waals surface area (Å²) in [6, 6.07) is 0. The van der Waals surface area contributed by atoms with Crippen molar-refractivity contribution >= 4 is 11.6 Å². The fourth-order valence-electron chi connectivity index (χ4n) is 2.05. The Morgan fingerprint density at radius 3 is 2.75 bits per heavy atom. The molecule has 0 saturated heterocycles. The van der Waals surface area contributed by atoms with Crippen LogP contribution < -0.4 is 10.2 Å². The van der Waals surface area contributed by atoms with Gasteiger partial charge in [0.15, 0.2) is 0 Å². The number of nitrogens with zero attached hydrogens (tertiary/aromatic N) is 3. The van der Waals surface area contributed by atoms with Gasteiger partial charge in [0, 0.05) is 26.2 Å². The van der Waals surface area contributed by atoms with Gasteiger partial charge < -0.3 is 10.2 Å². The van der Waals surface area contributed by atoms with Crippen LogP contribution in [-0.4, -0.2) is 30.6 Å². The smallest absolute Gasteiger partial charge is 0.137 e. The van der Waals surface area contributed by atoms with Gasteiger partial charge in [-0.25, -0.2) is 9.97 Å². The van der Waals surface area contributed by atoms with E-state index in [4.69, 9.17) is 0 Å². The number of aromatic nitrogens is 2. The Balaban J connectivity index is 2.23. The van der Waals surface area contributed by atoms with Crippen LogP contribution in [0.25, 0.3) is 0 Å². The predicted molar refractivity (Wildman–Crippen MR) is 67.0 cm³/mol. The minimum atomic E-state index is 0.878. The zero-order chi connectivity index (χ0) is 11.5. The molecule has 1 aromatic heterocycles. The van der Waals surface area contributed by atoms with E-state index < -0.39 is 0 Å². The minimum absolute atomic E-state index is 0.878. The van der Waals surface area contributed by atoms with Crippen LogP contribution in [0.5, 0.6) is 0 Å². The third kappa shape index (κ3) is 2.26. The lowest BCUT2D eigenvalue weighted by atomic mass is 10.2.